The molecule has 2 amide bonds. The fourth-order valence-corrected chi connectivity index (χ4v) is 2.89. The van der Waals surface area contributed by atoms with Crippen LogP contribution >= 0.6 is 0 Å². The molecule has 128 valence electrons. The molecule has 1 atom stereocenters. The predicted molar refractivity (Wildman–Crippen MR) is 79.5 cm³/mol. The number of aromatic hydroxyl groups is 1. The standard InChI is InChI=1S/C15H15F3N4O2/c1-22-7-11(13(21-22)15(16,17)18)20-14(24)19-10-6-5-9-8(10)3-2-4-12(9)23/h2-4,7,10,23H,5-6H2,1H3,(H2,19,20,24). The summed E-state index contributed by atoms with van der Waals surface area (Å²) in [6, 6.07) is 3.88. The smallest absolute Gasteiger partial charge is 0.437 e. The van der Waals surface area contributed by atoms with Crippen LogP contribution < -0.4 is 10.6 Å². The summed E-state index contributed by atoms with van der Waals surface area (Å²) in [6.45, 7) is 0. The number of hydrogen-bond donors (Lipinski definition) is 3. The zero-order valence-electron chi connectivity index (χ0n) is 12.7. The Morgan fingerprint density at radius 3 is 2.88 bits per heavy atom. The van der Waals surface area contributed by atoms with E-state index in [2.05, 4.69) is 15.7 Å². The maximum Gasteiger partial charge on any atom is 0.437 e. The first-order chi connectivity index (χ1) is 11.3. The molecule has 1 heterocycles. The van der Waals surface area contributed by atoms with Gasteiger partial charge in [-0.05, 0) is 30.0 Å². The summed E-state index contributed by atoms with van der Waals surface area (Å²) < 4.78 is 39.6. The van der Waals surface area contributed by atoms with Gasteiger partial charge in [0.2, 0.25) is 0 Å². The van der Waals surface area contributed by atoms with Crippen molar-refractivity contribution < 1.29 is 23.1 Å². The van der Waals surface area contributed by atoms with Crippen LogP contribution in [0.2, 0.25) is 0 Å². The number of fused-ring (bicyclic) bond motifs is 1. The molecule has 0 aliphatic heterocycles. The maximum atomic E-state index is 12.9. The fraction of sp³-hybridized carbons (Fsp3) is 0.333. The number of carbonyl (C=O) groups excluding carboxylic acids is 1. The van der Waals surface area contributed by atoms with Crippen LogP contribution in [0.5, 0.6) is 5.75 Å². The van der Waals surface area contributed by atoms with E-state index >= 15 is 0 Å². The van der Waals surface area contributed by atoms with Crippen molar-refractivity contribution in [3.05, 3.63) is 41.2 Å². The van der Waals surface area contributed by atoms with Crippen molar-refractivity contribution in [3.63, 3.8) is 0 Å². The highest BCUT2D eigenvalue weighted by atomic mass is 19.4. The van der Waals surface area contributed by atoms with E-state index in [4.69, 9.17) is 0 Å². The summed E-state index contributed by atoms with van der Waals surface area (Å²) in [4.78, 5) is 12.1. The number of nitrogens with zero attached hydrogens (tertiary/aromatic N) is 2. The lowest BCUT2D eigenvalue weighted by Crippen LogP contribution is -2.32. The number of aryl methyl sites for hydroxylation is 1. The second-order valence-electron chi connectivity index (χ2n) is 5.60. The number of urea groups is 1. The van der Waals surface area contributed by atoms with Crippen LogP contribution in [-0.4, -0.2) is 20.9 Å². The zero-order valence-corrected chi connectivity index (χ0v) is 12.7. The van der Waals surface area contributed by atoms with Crippen molar-refractivity contribution in [1.29, 1.82) is 0 Å². The SMILES string of the molecule is Cn1cc(NC(=O)NC2CCc3c(O)cccc32)c(C(F)(F)F)n1. The molecule has 1 aromatic heterocycles. The molecule has 3 rings (SSSR count). The Morgan fingerprint density at radius 2 is 2.17 bits per heavy atom. The van der Waals surface area contributed by atoms with Crippen LogP contribution in [-0.2, 0) is 19.6 Å². The highest BCUT2D eigenvalue weighted by Gasteiger charge is 2.38. The molecule has 6 nitrogen and oxygen atoms in total. The Kier molecular flexibility index (Phi) is 3.86. The Bertz CT molecular complexity index is 786. The number of carbonyl (C=O) groups is 1. The number of aromatic nitrogens is 2. The first-order valence-corrected chi connectivity index (χ1v) is 7.25. The molecular weight excluding hydrogens is 325 g/mol. The highest BCUT2D eigenvalue weighted by Crippen LogP contribution is 2.36. The molecule has 0 saturated carbocycles. The number of hydrogen-bond acceptors (Lipinski definition) is 3. The molecule has 1 aliphatic rings. The summed E-state index contributed by atoms with van der Waals surface area (Å²) in [6.07, 6.45) is -2.40. The first-order valence-electron chi connectivity index (χ1n) is 7.25. The lowest BCUT2D eigenvalue weighted by Gasteiger charge is -2.15. The molecule has 1 unspecified atom stereocenters. The van der Waals surface area contributed by atoms with Gasteiger partial charge in [0.05, 0.1) is 11.7 Å². The van der Waals surface area contributed by atoms with Gasteiger partial charge in [-0.25, -0.2) is 4.79 Å². The van der Waals surface area contributed by atoms with Gasteiger partial charge in [-0.3, -0.25) is 4.68 Å². The Balaban J connectivity index is 1.74. The van der Waals surface area contributed by atoms with Crippen molar-refractivity contribution in [2.24, 2.45) is 7.05 Å². The van der Waals surface area contributed by atoms with Gasteiger partial charge in [-0.1, -0.05) is 12.1 Å². The molecule has 3 N–H and O–H groups in total. The lowest BCUT2D eigenvalue weighted by molar-refractivity contribution is -0.140. The van der Waals surface area contributed by atoms with Gasteiger partial charge in [0, 0.05) is 13.2 Å². The van der Waals surface area contributed by atoms with Gasteiger partial charge in [0.25, 0.3) is 0 Å². The van der Waals surface area contributed by atoms with Crippen molar-refractivity contribution in [1.82, 2.24) is 15.1 Å². The van der Waals surface area contributed by atoms with E-state index in [0.717, 1.165) is 22.0 Å². The number of amides is 2. The largest absolute Gasteiger partial charge is 0.508 e. The number of rotatable bonds is 2. The average Bonchev–Trinajstić information content (AvgIpc) is 3.04. The summed E-state index contributed by atoms with van der Waals surface area (Å²) in [7, 11) is 1.34. The summed E-state index contributed by atoms with van der Waals surface area (Å²) in [5.41, 5.74) is -0.0335. The predicted octanol–water partition coefficient (Wildman–Crippen LogP) is 2.95. The van der Waals surface area contributed by atoms with E-state index in [0.29, 0.717) is 12.8 Å². The monoisotopic (exact) mass is 340 g/mol. The molecule has 9 heteroatoms. The number of benzene rings is 1. The third-order valence-electron chi connectivity index (χ3n) is 3.90. The molecule has 2 aromatic rings. The van der Waals surface area contributed by atoms with Gasteiger partial charge < -0.3 is 15.7 Å². The lowest BCUT2D eigenvalue weighted by atomic mass is 10.1. The van der Waals surface area contributed by atoms with Crippen LogP contribution in [0.1, 0.15) is 29.3 Å². The Hall–Kier alpha value is -2.71. The normalized spacial score (nSPS) is 16.8. The second kappa shape index (κ2) is 5.73. The molecule has 0 spiro atoms. The van der Waals surface area contributed by atoms with E-state index in [9.17, 15) is 23.1 Å². The van der Waals surface area contributed by atoms with E-state index in [1.807, 2.05) is 0 Å². The fourth-order valence-electron chi connectivity index (χ4n) is 2.89. The molecular formula is C15H15F3N4O2. The van der Waals surface area contributed by atoms with Crippen LogP contribution in [0.3, 0.4) is 0 Å². The molecule has 1 aromatic carbocycles. The van der Waals surface area contributed by atoms with Gasteiger partial charge in [0.15, 0.2) is 5.69 Å². The van der Waals surface area contributed by atoms with Crippen LogP contribution in [0.25, 0.3) is 0 Å². The molecule has 0 radical (unpaired) electrons. The van der Waals surface area contributed by atoms with Crippen LogP contribution in [0.4, 0.5) is 23.7 Å². The Labute approximate surface area is 135 Å². The zero-order chi connectivity index (χ0) is 17.5. The molecule has 1 aliphatic carbocycles. The third-order valence-corrected chi connectivity index (χ3v) is 3.90. The third kappa shape index (κ3) is 3.01. The van der Waals surface area contributed by atoms with Gasteiger partial charge in [0.1, 0.15) is 5.75 Å². The first kappa shape index (κ1) is 16.2. The van der Waals surface area contributed by atoms with Gasteiger partial charge >= 0.3 is 12.2 Å². The second-order valence-corrected chi connectivity index (χ2v) is 5.60. The highest BCUT2D eigenvalue weighted by molar-refractivity contribution is 5.90. The number of halogens is 3. The molecule has 24 heavy (non-hydrogen) atoms. The van der Waals surface area contributed by atoms with Gasteiger partial charge in [-0.2, -0.15) is 18.3 Å². The maximum absolute atomic E-state index is 12.9. The number of phenols is 1. The number of nitrogens with one attached hydrogen (secondary N) is 2. The number of alkyl halides is 3. The molecule has 0 fully saturated rings. The van der Waals surface area contributed by atoms with Crippen LogP contribution in [0, 0.1) is 0 Å². The summed E-state index contributed by atoms with van der Waals surface area (Å²) in [5, 5.41) is 17.9. The topological polar surface area (TPSA) is 79.2 Å². The minimum atomic E-state index is -4.66. The summed E-state index contributed by atoms with van der Waals surface area (Å²) in [5.74, 6) is 0.156. The van der Waals surface area contributed by atoms with Crippen molar-refractivity contribution in [3.8, 4) is 5.75 Å². The van der Waals surface area contributed by atoms with E-state index in [-0.39, 0.29) is 11.8 Å². The molecule has 0 bridgehead atoms. The van der Waals surface area contributed by atoms with E-state index < -0.39 is 23.6 Å². The van der Waals surface area contributed by atoms with E-state index in [1.165, 1.54) is 7.05 Å². The Morgan fingerprint density at radius 1 is 1.42 bits per heavy atom. The number of anilines is 1. The summed E-state index contributed by atoms with van der Waals surface area (Å²) >= 11 is 0. The van der Waals surface area contributed by atoms with Gasteiger partial charge in [-0.15, -0.1) is 0 Å². The van der Waals surface area contributed by atoms with Crippen molar-refractivity contribution in [2.45, 2.75) is 25.1 Å². The average molecular weight is 340 g/mol. The minimum absolute atomic E-state index is 0.156. The quantitative estimate of drug-likeness (QED) is 0.786. The van der Waals surface area contributed by atoms with Crippen molar-refractivity contribution in [2.75, 3.05) is 5.32 Å². The van der Waals surface area contributed by atoms with Crippen molar-refractivity contribution >= 4 is 11.7 Å². The van der Waals surface area contributed by atoms with Crippen LogP contribution in [0.15, 0.2) is 24.4 Å². The van der Waals surface area contributed by atoms with E-state index in [1.54, 1.807) is 18.2 Å². The number of phenolic OH excluding ortho intramolecular Hbond substituents is 1. The molecule has 0 saturated heterocycles. The minimum Gasteiger partial charge on any atom is -0.508 e.